The average molecular weight is 414 g/mol. The zero-order chi connectivity index (χ0) is 19.7. The van der Waals surface area contributed by atoms with Crippen LogP contribution in [0.15, 0.2) is 53.7 Å². The van der Waals surface area contributed by atoms with E-state index in [0.717, 1.165) is 16.7 Å². The number of sulfonamides is 1. The number of benzene rings is 2. The summed E-state index contributed by atoms with van der Waals surface area (Å²) in [6.07, 6.45) is 1.49. The van der Waals surface area contributed by atoms with Crippen molar-refractivity contribution in [1.29, 1.82) is 5.26 Å². The Hall–Kier alpha value is -2.73. The van der Waals surface area contributed by atoms with Gasteiger partial charge in [-0.2, -0.15) is 9.57 Å². The van der Waals surface area contributed by atoms with E-state index in [1.807, 2.05) is 12.1 Å². The van der Waals surface area contributed by atoms with Crippen LogP contribution in [0, 0.1) is 11.3 Å². The Bertz CT molecular complexity index is 1170. The first kappa shape index (κ1) is 18.6. The van der Waals surface area contributed by atoms with Crippen molar-refractivity contribution in [1.82, 2.24) is 14.3 Å². The van der Waals surface area contributed by atoms with E-state index in [2.05, 4.69) is 14.9 Å². The van der Waals surface area contributed by atoms with Gasteiger partial charge in [-0.15, -0.1) is 0 Å². The molecule has 0 saturated carbocycles. The minimum atomic E-state index is -3.59. The maximum Gasteiger partial charge on any atom is 0.243 e. The summed E-state index contributed by atoms with van der Waals surface area (Å²) >= 11 is 6.04. The van der Waals surface area contributed by atoms with Crippen molar-refractivity contribution < 1.29 is 8.42 Å². The monoisotopic (exact) mass is 413 g/mol. The van der Waals surface area contributed by atoms with E-state index in [4.69, 9.17) is 16.9 Å². The van der Waals surface area contributed by atoms with Crippen LogP contribution in [0.1, 0.15) is 5.56 Å². The smallest absolute Gasteiger partial charge is 0.243 e. The van der Waals surface area contributed by atoms with Gasteiger partial charge in [0.25, 0.3) is 0 Å². The second-order valence-corrected chi connectivity index (χ2v) is 8.76. The van der Waals surface area contributed by atoms with Gasteiger partial charge in [-0.1, -0.05) is 11.6 Å². The van der Waals surface area contributed by atoms with Crippen molar-refractivity contribution in [3.63, 3.8) is 0 Å². The molecule has 0 spiro atoms. The summed E-state index contributed by atoms with van der Waals surface area (Å²) < 4.78 is 27.2. The van der Waals surface area contributed by atoms with Gasteiger partial charge in [0.1, 0.15) is 12.1 Å². The van der Waals surface area contributed by atoms with Crippen LogP contribution >= 0.6 is 11.6 Å². The maximum absolute atomic E-state index is 12.9. The number of hydrogen-bond acceptors (Lipinski definition) is 6. The van der Waals surface area contributed by atoms with Crippen LogP contribution < -0.4 is 4.90 Å². The summed E-state index contributed by atoms with van der Waals surface area (Å²) in [5.74, 6) is 0.775. The standard InChI is InChI=1S/C19H16ClN5O2S/c20-15-3-6-17-18(11-15)22-13-23-19(17)24-7-9-25(10-8-24)28(26,27)16-4-1-14(12-21)2-5-16/h1-6,11,13H,7-10H2. The highest BCUT2D eigenvalue weighted by molar-refractivity contribution is 7.89. The van der Waals surface area contributed by atoms with Gasteiger partial charge in [-0.05, 0) is 42.5 Å². The van der Waals surface area contributed by atoms with E-state index in [-0.39, 0.29) is 4.90 Å². The molecule has 0 bridgehead atoms. The molecule has 0 amide bonds. The molecule has 7 nitrogen and oxygen atoms in total. The molecule has 3 aromatic rings. The van der Waals surface area contributed by atoms with E-state index in [9.17, 15) is 8.42 Å². The Balaban J connectivity index is 1.54. The Kier molecular flexibility index (Phi) is 4.89. The molecule has 1 aliphatic heterocycles. The molecule has 2 aromatic carbocycles. The number of halogens is 1. The first-order valence-electron chi connectivity index (χ1n) is 8.64. The molecular formula is C19H16ClN5O2S. The molecule has 1 saturated heterocycles. The zero-order valence-electron chi connectivity index (χ0n) is 14.8. The molecule has 0 atom stereocenters. The van der Waals surface area contributed by atoms with Crippen molar-refractivity contribution in [3.8, 4) is 6.07 Å². The minimum absolute atomic E-state index is 0.196. The molecule has 9 heteroatoms. The highest BCUT2D eigenvalue weighted by atomic mass is 35.5. The Morgan fingerprint density at radius 2 is 1.71 bits per heavy atom. The van der Waals surface area contributed by atoms with Gasteiger partial charge < -0.3 is 4.90 Å². The van der Waals surface area contributed by atoms with E-state index in [0.29, 0.717) is 36.8 Å². The van der Waals surface area contributed by atoms with E-state index < -0.39 is 10.0 Å². The maximum atomic E-state index is 12.9. The summed E-state index contributed by atoms with van der Waals surface area (Å²) in [6.45, 7) is 1.73. The Morgan fingerprint density at radius 3 is 2.39 bits per heavy atom. The van der Waals surface area contributed by atoms with Crippen molar-refractivity contribution >= 4 is 38.3 Å². The molecule has 1 fully saturated rings. The van der Waals surface area contributed by atoms with Crippen LogP contribution in [0.2, 0.25) is 5.02 Å². The Labute approximate surface area is 167 Å². The quantitative estimate of drug-likeness (QED) is 0.655. The number of nitrogens with zero attached hydrogens (tertiary/aromatic N) is 5. The Morgan fingerprint density at radius 1 is 1.00 bits per heavy atom. The fourth-order valence-electron chi connectivity index (χ4n) is 3.26. The molecule has 2 heterocycles. The highest BCUT2D eigenvalue weighted by Gasteiger charge is 2.29. The molecule has 1 aliphatic rings. The lowest BCUT2D eigenvalue weighted by molar-refractivity contribution is 0.384. The summed E-state index contributed by atoms with van der Waals surface area (Å²) in [7, 11) is -3.59. The summed E-state index contributed by atoms with van der Waals surface area (Å²) in [5.41, 5.74) is 1.18. The second kappa shape index (κ2) is 7.36. The lowest BCUT2D eigenvalue weighted by Gasteiger charge is -2.35. The van der Waals surface area contributed by atoms with Gasteiger partial charge in [-0.25, -0.2) is 18.4 Å². The van der Waals surface area contributed by atoms with Crippen LogP contribution in [0.4, 0.5) is 5.82 Å². The molecule has 4 rings (SSSR count). The fourth-order valence-corrected chi connectivity index (χ4v) is 4.85. The SMILES string of the molecule is N#Cc1ccc(S(=O)(=O)N2CCN(c3ncnc4cc(Cl)ccc34)CC2)cc1. The van der Waals surface area contributed by atoms with Gasteiger partial charge in [-0.3, -0.25) is 0 Å². The van der Waals surface area contributed by atoms with Gasteiger partial charge in [0.05, 0.1) is 22.0 Å². The lowest BCUT2D eigenvalue weighted by atomic mass is 10.2. The molecule has 0 unspecified atom stereocenters. The summed E-state index contributed by atoms with van der Waals surface area (Å²) in [5, 5.41) is 10.4. The van der Waals surface area contributed by atoms with Crippen molar-refractivity contribution in [2.75, 3.05) is 31.1 Å². The first-order chi connectivity index (χ1) is 13.5. The van der Waals surface area contributed by atoms with Crippen LogP contribution in [0.5, 0.6) is 0 Å². The van der Waals surface area contributed by atoms with Crippen LogP contribution in [0.3, 0.4) is 0 Å². The summed E-state index contributed by atoms with van der Waals surface area (Å²) in [4.78, 5) is 10.9. The van der Waals surface area contributed by atoms with Crippen LogP contribution in [-0.2, 0) is 10.0 Å². The molecule has 0 aliphatic carbocycles. The fraction of sp³-hybridized carbons (Fsp3) is 0.211. The molecule has 1 aromatic heterocycles. The predicted molar refractivity (Wildman–Crippen MR) is 107 cm³/mol. The number of piperazine rings is 1. The van der Waals surface area contributed by atoms with Crippen molar-refractivity contribution in [2.45, 2.75) is 4.90 Å². The molecule has 142 valence electrons. The summed E-state index contributed by atoms with van der Waals surface area (Å²) in [6, 6.07) is 13.4. The van der Waals surface area contributed by atoms with Gasteiger partial charge in [0.2, 0.25) is 10.0 Å². The van der Waals surface area contributed by atoms with E-state index in [1.54, 1.807) is 12.1 Å². The van der Waals surface area contributed by atoms with E-state index >= 15 is 0 Å². The number of rotatable bonds is 3. The molecule has 0 radical (unpaired) electrons. The van der Waals surface area contributed by atoms with E-state index in [1.165, 1.54) is 34.9 Å². The van der Waals surface area contributed by atoms with Crippen LogP contribution in [0.25, 0.3) is 10.9 Å². The highest BCUT2D eigenvalue weighted by Crippen LogP contribution is 2.27. The third-order valence-electron chi connectivity index (χ3n) is 4.74. The predicted octanol–water partition coefficient (Wildman–Crippen LogP) is 2.67. The van der Waals surface area contributed by atoms with Crippen molar-refractivity contribution in [2.24, 2.45) is 0 Å². The number of hydrogen-bond donors (Lipinski definition) is 0. The normalized spacial score (nSPS) is 15.5. The lowest BCUT2D eigenvalue weighted by Crippen LogP contribution is -2.49. The van der Waals surface area contributed by atoms with Crippen LogP contribution in [-0.4, -0.2) is 48.9 Å². The minimum Gasteiger partial charge on any atom is -0.353 e. The number of aromatic nitrogens is 2. The molecular weight excluding hydrogens is 398 g/mol. The topological polar surface area (TPSA) is 90.2 Å². The zero-order valence-corrected chi connectivity index (χ0v) is 16.4. The third kappa shape index (κ3) is 3.40. The first-order valence-corrected chi connectivity index (χ1v) is 10.5. The number of nitriles is 1. The second-order valence-electron chi connectivity index (χ2n) is 6.39. The van der Waals surface area contributed by atoms with Crippen molar-refractivity contribution in [3.05, 3.63) is 59.4 Å². The number of anilines is 1. The van der Waals surface area contributed by atoms with Gasteiger partial charge >= 0.3 is 0 Å². The average Bonchev–Trinajstić information content (AvgIpc) is 2.73. The third-order valence-corrected chi connectivity index (χ3v) is 6.88. The number of fused-ring (bicyclic) bond motifs is 1. The van der Waals surface area contributed by atoms with Gasteiger partial charge in [0.15, 0.2) is 0 Å². The molecule has 28 heavy (non-hydrogen) atoms. The largest absolute Gasteiger partial charge is 0.353 e. The van der Waals surface area contributed by atoms with Gasteiger partial charge in [0, 0.05) is 36.6 Å². The molecule has 0 N–H and O–H groups in total.